The first-order chi connectivity index (χ1) is 11.6. The van der Waals surface area contributed by atoms with Gasteiger partial charge in [0.1, 0.15) is 11.5 Å². The lowest BCUT2D eigenvalue weighted by Gasteiger charge is -2.32. The van der Waals surface area contributed by atoms with E-state index < -0.39 is 0 Å². The zero-order chi connectivity index (χ0) is 16.7. The van der Waals surface area contributed by atoms with Crippen LogP contribution in [0.25, 0.3) is 4.96 Å². The maximum Gasteiger partial charge on any atom is 0.274 e. The monoisotopic (exact) mass is 343 g/mol. The summed E-state index contributed by atoms with van der Waals surface area (Å²) in [6.07, 6.45) is 5.49. The molecule has 1 atom stereocenters. The minimum absolute atomic E-state index is 0.0582. The van der Waals surface area contributed by atoms with Gasteiger partial charge >= 0.3 is 0 Å². The van der Waals surface area contributed by atoms with Gasteiger partial charge < -0.3 is 9.88 Å². The quantitative estimate of drug-likeness (QED) is 0.769. The number of piperidine rings is 1. The highest BCUT2D eigenvalue weighted by molar-refractivity contribution is 7.15. The van der Waals surface area contributed by atoms with Crippen molar-refractivity contribution in [3.63, 3.8) is 0 Å². The third-order valence-corrected chi connectivity index (χ3v) is 5.09. The molecule has 7 nitrogen and oxygen atoms in total. The van der Waals surface area contributed by atoms with Crippen LogP contribution in [0.15, 0.2) is 28.6 Å². The van der Waals surface area contributed by atoms with Gasteiger partial charge in [-0.1, -0.05) is 0 Å². The molecule has 0 aliphatic carbocycles. The molecule has 1 aliphatic rings. The molecule has 1 fully saturated rings. The fraction of sp³-hybridized carbons (Fsp3) is 0.375. The smallest absolute Gasteiger partial charge is 0.274 e. The number of carbonyl (C=O) groups is 1. The molecule has 0 radical (unpaired) electrons. The second-order valence-corrected chi connectivity index (χ2v) is 6.94. The van der Waals surface area contributed by atoms with Crippen LogP contribution in [-0.4, -0.2) is 43.2 Å². The number of imidazole rings is 1. The van der Waals surface area contributed by atoms with Gasteiger partial charge in [-0.2, -0.15) is 0 Å². The summed E-state index contributed by atoms with van der Waals surface area (Å²) < 4.78 is 1.86. The summed E-state index contributed by atoms with van der Waals surface area (Å²) in [6.45, 7) is 3.05. The average Bonchev–Trinajstić information content (AvgIpc) is 3.15. The Kier molecular flexibility index (Phi) is 3.68. The van der Waals surface area contributed by atoms with Crippen LogP contribution in [0, 0.1) is 6.92 Å². The molecule has 1 amide bonds. The summed E-state index contributed by atoms with van der Waals surface area (Å²) in [7, 11) is 0. The average molecular weight is 343 g/mol. The van der Waals surface area contributed by atoms with E-state index in [1.807, 2.05) is 20.9 Å². The lowest BCUT2D eigenvalue weighted by atomic mass is 9.94. The largest absolute Gasteiger partial charge is 0.337 e. The molecule has 1 saturated heterocycles. The van der Waals surface area contributed by atoms with Crippen molar-refractivity contribution in [1.82, 2.24) is 24.3 Å². The van der Waals surface area contributed by atoms with E-state index in [4.69, 9.17) is 0 Å². The molecule has 124 valence electrons. The van der Waals surface area contributed by atoms with Crippen LogP contribution < -0.4 is 5.56 Å². The second kappa shape index (κ2) is 5.86. The lowest BCUT2D eigenvalue weighted by molar-refractivity contribution is 0.0700. The van der Waals surface area contributed by atoms with Crippen LogP contribution in [0.5, 0.6) is 0 Å². The van der Waals surface area contributed by atoms with Crippen molar-refractivity contribution in [1.29, 1.82) is 0 Å². The molecular weight excluding hydrogens is 326 g/mol. The van der Waals surface area contributed by atoms with Crippen LogP contribution in [-0.2, 0) is 0 Å². The summed E-state index contributed by atoms with van der Waals surface area (Å²) in [5.41, 5.74) is 1.09. The topological polar surface area (TPSA) is 83.4 Å². The van der Waals surface area contributed by atoms with Gasteiger partial charge in [0.25, 0.3) is 11.5 Å². The molecule has 24 heavy (non-hydrogen) atoms. The summed E-state index contributed by atoms with van der Waals surface area (Å²) in [5, 5.41) is 1.94. The molecule has 1 aliphatic heterocycles. The highest BCUT2D eigenvalue weighted by Crippen LogP contribution is 2.26. The van der Waals surface area contributed by atoms with E-state index >= 15 is 0 Å². The number of likely N-dealkylation sites (tertiary alicyclic amines) is 1. The molecule has 0 spiro atoms. The van der Waals surface area contributed by atoms with Gasteiger partial charge in [-0.15, -0.1) is 11.3 Å². The van der Waals surface area contributed by atoms with E-state index in [1.165, 1.54) is 17.4 Å². The molecule has 0 bridgehead atoms. The van der Waals surface area contributed by atoms with E-state index in [0.29, 0.717) is 24.6 Å². The number of fused-ring (bicyclic) bond motifs is 1. The number of nitrogens with one attached hydrogen (secondary N) is 1. The zero-order valence-corrected chi connectivity index (χ0v) is 14.0. The van der Waals surface area contributed by atoms with Crippen LogP contribution >= 0.6 is 11.3 Å². The number of hydrogen-bond donors (Lipinski definition) is 1. The van der Waals surface area contributed by atoms with Crippen LogP contribution in [0.2, 0.25) is 0 Å². The van der Waals surface area contributed by atoms with Gasteiger partial charge in [0.15, 0.2) is 4.96 Å². The van der Waals surface area contributed by atoms with Gasteiger partial charge in [-0.3, -0.25) is 14.0 Å². The molecule has 3 aromatic rings. The van der Waals surface area contributed by atoms with Crippen LogP contribution in [0.1, 0.15) is 40.8 Å². The fourth-order valence-electron chi connectivity index (χ4n) is 3.21. The zero-order valence-electron chi connectivity index (χ0n) is 13.2. The van der Waals surface area contributed by atoms with Crippen molar-refractivity contribution in [3.8, 4) is 0 Å². The van der Waals surface area contributed by atoms with E-state index in [2.05, 4.69) is 15.0 Å². The summed E-state index contributed by atoms with van der Waals surface area (Å²) in [4.78, 5) is 38.5. The van der Waals surface area contributed by atoms with Gasteiger partial charge in [-0.25, -0.2) is 9.97 Å². The minimum Gasteiger partial charge on any atom is -0.337 e. The number of hydrogen-bond acceptors (Lipinski definition) is 5. The molecule has 0 aromatic carbocycles. The second-order valence-electron chi connectivity index (χ2n) is 6.06. The van der Waals surface area contributed by atoms with Gasteiger partial charge in [0.05, 0.1) is 5.69 Å². The first kappa shape index (κ1) is 15.1. The SMILES string of the molecule is Cc1nc([C@@H]2CCCN(C(=O)c3cn4ccsc4n3)C2)cc(=O)[nH]1. The summed E-state index contributed by atoms with van der Waals surface area (Å²) in [6, 6.07) is 1.54. The van der Waals surface area contributed by atoms with E-state index in [9.17, 15) is 9.59 Å². The van der Waals surface area contributed by atoms with E-state index in [1.54, 1.807) is 13.1 Å². The third kappa shape index (κ3) is 2.73. The number of aryl methyl sites for hydroxylation is 1. The number of aromatic nitrogens is 4. The molecule has 4 heterocycles. The Balaban J connectivity index is 1.56. The predicted octanol–water partition coefficient (Wildman–Crippen LogP) is 1.81. The number of carbonyl (C=O) groups excluding carboxylic acids is 1. The summed E-state index contributed by atoms with van der Waals surface area (Å²) in [5.74, 6) is 0.639. The van der Waals surface area contributed by atoms with E-state index in [-0.39, 0.29) is 17.4 Å². The van der Waals surface area contributed by atoms with Gasteiger partial charge in [0.2, 0.25) is 0 Å². The van der Waals surface area contributed by atoms with Crippen molar-refractivity contribution in [2.45, 2.75) is 25.7 Å². The number of aromatic amines is 1. The van der Waals surface area contributed by atoms with Crippen LogP contribution in [0.3, 0.4) is 0 Å². The molecule has 0 unspecified atom stereocenters. The molecule has 3 aromatic heterocycles. The number of rotatable bonds is 2. The van der Waals surface area contributed by atoms with Crippen molar-refractivity contribution in [2.24, 2.45) is 0 Å². The molecule has 1 N–H and O–H groups in total. The Morgan fingerprint density at radius 1 is 1.42 bits per heavy atom. The molecule has 0 saturated carbocycles. The maximum absolute atomic E-state index is 12.7. The number of amides is 1. The minimum atomic E-state index is -0.143. The molecule has 8 heteroatoms. The Morgan fingerprint density at radius 3 is 3.08 bits per heavy atom. The lowest BCUT2D eigenvalue weighted by Crippen LogP contribution is -2.39. The van der Waals surface area contributed by atoms with Gasteiger partial charge in [0, 0.05) is 42.8 Å². The highest BCUT2D eigenvalue weighted by Gasteiger charge is 2.28. The Morgan fingerprint density at radius 2 is 2.29 bits per heavy atom. The fourth-order valence-corrected chi connectivity index (χ4v) is 3.91. The first-order valence-corrected chi connectivity index (χ1v) is 8.77. The number of H-pyrrole nitrogens is 1. The van der Waals surface area contributed by atoms with Crippen molar-refractivity contribution >= 4 is 22.2 Å². The van der Waals surface area contributed by atoms with E-state index in [0.717, 1.165) is 23.5 Å². The van der Waals surface area contributed by atoms with Crippen LogP contribution in [0.4, 0.5) is 0 Å². The number of nitrogens with zero attached hydrogens (tertiary/aromatic N) is 4. The molecular formula is C16H17N5O2S. The van der Waals surface area contributed by atoms with Crippen molar-refractivity contribution in [2.75, 3.05) is 13.1 Å². The number of thiazole rings is 1. The Hall–Kier alpha value is -2.48. The van der Waals surface area contributed by atoms with Crippen molar-refractivity contribution < 1.29 is 4.79 Å². The third-order valence-electron chi connectivity index (χ3n) is 4.32. The Bertz CT molecular complexity index is 928. The first-order valence-electron chi connectivity index (χ1n) is 7.89. The van der Waals surface area contributed by atoms with Crippen molar-refractivity contribution in [3.05, 3.63) is 51.4 Å². The Labute approximate surface area is 142 Å². The standard InChI is InChI=1S/C16H17N5O2S/c1-10-17-12(7-14(22)18-10)11-3-2-4-20(8-11)15(23)13-9-21-5-6-24-16(21)19-13/h5-7,9,11H,2-4,8H2,1H3,(H,17,18,22)/t11-/m1/s1. The predicted molar refractivity (Wildman–Crippen MR) is 90.5 cm³/mol. The highest BCUT2D eigenvalue weighted by atomic mass is 32.1. The molecule has 4 rings (SSSR count). The van der Waals surface area contributed by atoms with Gasteiger partial charge in [-0.05, 0) is 19.8 Å². The maximum atomic E-state index is 12.7. The summed E-state index contributed by atoms with van der Waals surface area (Å²) >= 11 is 1.51. The normalized spacial score (nSPS) is 18.2.